The molecular formula is C73H40N8O2. The summed E-state index contributed by atoms with van der Waals surface area (Å²) < 4.78 is 21.0. The van der Waals surface area contributed by atoms with Gasteiger partial charge in [0.2, 0.25) is 0 Å². The third-order valence-electron chi connectivity index (χ3n) is 17.4. The monoisotopic (exact) mass is 1060 g/mol. The molecule has 18 rings (SSSR count). The van der Waals surface area contributed by atoms with E-state index in [1.807, 2.05) is 97.3 Å². The summed E-state index contributed by atoms with van der Waals surface area (Å²) >= 11 is 0. The second-order valence-electron chi connectivity index (χ2n) is 21.5. The van der Waals surface area contributed by atoms with Crippen molar-refractivity contribution in [3.8, 4) is 63.6 Å². The molecule has 0 amide bonds. The number of rotatable bonds is 4. The molecule has 3 aliphatic rings. The van der Waals surface area contributed by atoms with E-state index in [2.05, 4.69) is 176 Å². The van der Waals surface area contributed by atoms with Crippen LogP contribution < -0.4 is 14.4 Å². The average Bonchev–Trinajstić information content (AvgIpc) is 2.01. The molecule has 0 fully saturated rings. The lowest BCUT2D eigenvalue weighted by Gasteiger charge is -2.40. The zero-order chi connectivity index (χ0) is 54.7. The first-order chi connectivity index (χ1) is 41.0. The van der Waals surface area contributed by atoms with Gasteiger partial charge in [0.05, 0.1) is 114 Å². The van der Waals surface area contributed by atoms with Crippen LogP contribution in [-0.2, 0) is 5.41 Å². The maximum absolute atomic E-state index is 10.1. The predicted molar refractivity (Wildman–Crippen MR) is 327 cm³/mol. The Hall–Kier alpha value is -11.7. The van der Waals surface area contributed by atoms with Gasteiger partial charge in [-0.2, -0.15) is 10.5 Å². The number of ether oxygens (including phenoxy) is 2. The molecule has 0 N–H and O–H groups in total. The van der Waals surface area contributed by atoms with E-state index in [4.69, 9.17) is 19.4 Å². The lowest BCUT2D eigenvalue weighted by molar-refractivity contribution is 0.436. The molecule has 0 bridgehead atoms. The Balaban J connectivity index is 0.958. The zero-order valence-electron chi connectivity index (χ0n) is 44.0. The standard InChI is InChI=1S/C73H40N8O2/c74-39-43-25-31-63-53(33-43)51-15-3-7-19-61(51)80(63)47-35-57-71(76-41-47)72-58(36-48(42-77-72)81-62-20-8-4-16-52(62)54-34-44(40-75)26-32-64(54)81)73(57)55-29-27-45(78-59-17-5-1-13-49(59)50-14-2-6-18-60(50)78)37-69(55)83-70-38-46(28-30-56(70)73)79-65-21-9-11-23-67(65)82-68-24-12-10-22-66(68)79/h1-38,41-42H. The number of pyridine rings is 2. The molecule has 0 saturated heterocycles. The fourth-order valence-electron chi connectivity index (χ4n) is 14.0. The van der Waals surface area contributed by atoms with Crippen molar-refractivity contribution in [3.63, 3.8) is 0 Å². The highest BCUT2D eigenvalue weighted by atomic mass is 16.5. The normalized spacial score (nSPS) is 13.3. The maximum Gasteiger partial charge on any atom is 0.151 e. The van der Waals surface area contributed by atoms with Crippen molar-refractivity contribution in [2.45, 2.75) is 5.41 Å². The SMILES string of the molecule is N#Cc1ccc2c(c1)c1ccccc1n2-c1cnc2c(c1)C1(c3ccc(N4c5ccccc5Oc5ccccc54)cc3Oc3cc(-n4c5ccccc5c5ccccc54)ccc31)c1cc(-n3c4ccccc4c4cc(C#N)ccc43)cnc1-2. The van der Waals surface area contributed by atoms with Gasteiger partial charge >= 0.3 is 0 Å². The van der Waals surface area contributed by atoms with E-state index in [1.54, 1.807) is 0 Å². The molecule has 1 spiro atoms. The second kappa shape index (κ2) is 16.7. The first-order valence-electron chi connectivity index (χ1n) is 27.6. The Morgan fingerprint density at radius 2 is 0.711 bits per heavy atom. The van der Waals surface area contributed by atoms with Crippen LogP contribution in [0.1, 0.15) is 33.4 Å². The molecule has 15 aromatic rings. The highest BCUT2D eigenvalue weighted by molar-refractivity contribution is 6.12. The van der Waals surface area contributed by atoms with Gasteiger partial charge in [-0.05, 0) is 109 Å². The summed E-state index contributed by atoms with van der Waals surface area (Å²) in [5.74, 6) is 2.86. The minimum Gasteiger partial charge on any atom is -0.457 e. The average molecular weight is 1060 g/mol. The summed E-state index contributed by atoms with van der Waals surface area (Å²) in [6.45, 7) is 0. The van der Waals surface area contributed by atoms with Gasteiger partial charge in [0.25, 0.3) is 0 Å². The summed E-state index contributed by atoms with van der Waals surface area (Å²) in [5, 5.41) is 26.6. The van der Waals surface area contributed by atoms with Crippen LogP contribution in [0.2, 0.25) is 0 Å². The van der Waals surface area contributed by atoms with Gasteiger partial charge in [-0.1, -0.05) is 109 Å². The van der Waals surface area contributed by atoms with E-state index in [0.29, 0.717) is 22.6 Å². The molecule has 5 aromatic heterocycles. The fourth-order valence-corrected chi connectivity index (χ4v) is 14.0. The summed E-state index contributed by atoms with van der Waals surface area (Å²) in [6, 6.07) is 84.7. The molecule has 83 heavy (non-hydrogen) atoms. The Bertz CT molecular complexity index is 5200. The number of aromatic nitrogens is 5. The van der Waals surface area contributed by atoms with Gasteiger partial charge in [-0.15, -0.1) is 0 Å². The Labute approximate surface area is 474 Å². The molecule has 0 unspecified atom stereocenters. The Kier molecular flexibility index (Phi) is 9.07. The highest BCUT2D eigenvalue weighted by Gasteiger charge is 2.53. The van der Waals surface area contributed by atoms with Crippen molar-refractivity contribution in [1.82, 2.24) is 23.7 Å². The fraction of sp³-hybridized carbons (Fsp3) is 0.0137. The van der Waals surface area contributed by atoms with Crippen LogP contribution in [0.15, 0.2) is 243 Å². The van der Waals surface area contributed by atoms with Crippen molar-refractivity contribution in [1.29, 1.82) is 10.5 Å². The highest BCUT2D eigenvalue weighted by Crippen LogP contribution is 2.63. The van der Waals surface area contributed by atoms with Gasteiger partial charge in [0.1, 0.15) is 11.5 Å². The largest absolute Gasteiger partial charge is 0.457 e. The topological polar surface area (TPSA) is 110 Å². The molecule has 0 atom stereocenters. The lowest BCUT2D eigenvalue weighted by atomic mass is 9.66. The van der Waals surface area contributed by atoms with E-state index < -0.39 is 5.41 Å². The zero-order valence-corrected chi connectivity index (χ0v) is 44.0. The van der Waals surface area contributed by atoms with Crippen LogP contribution in [0.5, 0.6) is 23.0 Å². The van der Waals surface area contributed by atoms with Gasteiger partial charge in [-0.3, -0.25) is 9.97 Å². The maximum atomic E-state index is 10.1. The first kappa shape index (κ1) is 45.2. The first-order valence-corrected chi connectivity index (χ1v) is 27.6. The van der Waals surface area contributed by atoms with Crippen molar-refractivity contribution >= 4 is 82.5 Å². The third kappa shape index (κ3) is 6.07. The number of hydrogen-bond donors (Lipinski definition) is 0. The number of hydrogen-bond acceptors (Lipinski definition) is 7. The molecule has 10 nitrogen and oxygen atoms in total. The van der Waals surface area contributed by atoms with Gasteiger partial charge in [0.15, 0.2) is 11.5 Å². The summed E-state index contributed by atoms with van der Waals surface area (Å²) in [5.41, 5.74) is 16.8. The smallest absolute Gasteiger partial charge is 0.151 e. The summed E-state index contributed by atoms with van der Waals surface area (Å²) in [7, 11) is 0. The molecule has 0 saturated carbocycles. The molecule has 10 aromatic carbocycles. The Morgan fingerprint density at radius 1 is 0.325 bits per heavy atom. The van der Waals surface area contributed by atoms with Crippen LogP contribution in [0, 0.1) is 22.7 Å². The molecule has 10 heteroatoms. The van der Waals surface area contributed by atoms with Gasteiger partial charge < -0.3 is 28.1 Å². The number of benzene rings is 10. The van der Waals surface area contributed by atoms with Crippen LogP contribution in [0.3, 0.4) is 0 Å². The van der Waals surface area contributed by atoms with Crippen molar-refractivity contribution in [3.05, 3.63) is 276 Å². The van der Waals surface area contributed by atoms with E-state index in [-0.39, 0.29) is 0 Å². The molecule has 384 valence electrons. The van der Waals surface area contributed by atoms with Crippen molar-refractivity contribution < 1.29 is 9.47 Å². The van der Waals surface area contributed by atoms with Gasteiger partial charge in [-0.25, -0.2) is 0 Å². The minimum absolute atomic E-state index is 0.594. The van der Waals surface area contributed by atoms with Crippen molar-refractivity contribution in [2.24, 2.45) is 0 Å². The van der Waals surface area contributed by atoms with Crippen LogP contribution in [-0.4, -0.2) is 23.7 Å². The second-order valence-corrected chi connectivity index (χ2v) is 21.5. The molecular weight excluding hydrogens is 1020 g/mol. The number of nitrogens with zero attached hydrogens (tertiary/aromatic N) is 8. The molecule has 2 aliphatic heterocycles. The number of para-hydroxylation sites is 8. The minimum atomic E-state index is -1.09. The molecule has 1 aliphatic carbocycles. The van der Waals surface area contributed by atoms with Gasteiger partial charge in [0, 0.05) is 72.4 Å². The van der Waals surface area contributed by atoms with Crippen molar-refractivity contribution in [2.75, 3.05) is 4.90 Å². The number of nitriles is 2. The molecule has 7 heterocycles. The van der Waals surface area contributed by atoms with E-state index in [1.165, 1.54) is 0 Å². The van der Waals surface area contributed by atoms with Crippen LogP contribution in [0.4, 0.5) is 17.1 Å². The number of anilines is 3. The third-order valence-corrected chi connectivity index (χ3v) is 17.4. The van der Waals surface area contributed by atoms with Crippen LogP contribution >= 0.6 is 0 Å². The summed E-state index contributed by atoms with van der Waals surface area (Å²) in [4.78, 5) is 13.3. The van der Waals surface area contributed by atoms with E-state index in [9.17, 15) is 10.5 Å². The number of fused-ring (bicyclic) bond motifs is 20. The van der Waals surface area contributed by atoms with E-state index >= 15 is 0 Å². The summed E-state index contributed by atoms with van der Waals surface area (Å²) in [6.07, 6.45) is 3.92. The van der Waals surface area contributed by atoms with Crippen LogP contribution in [0.25, 0.3) is 93.9 Å². The predicted octanol–water partition coefficient (Wildman–Crippen LogP) is 17.6. The molecule has 0 radical (unpaired) electrons. The van der Waals surface area contributed by atoms with E-state index in [0.717, 1.165) is 145 Å². The lowest BCUT2D eigenvalue weighted by Crippen LogP contribution is -2.33. The quantitative estimate of drug-likeness (QED) is 0.173. The Morgan fingerprint density at radius 3 is 1.19 bits per heavy atom.